The first kappa shape index (κ1) is 15.1. The van der Waals surface area contributed by atoms with E-state index in [0.717, 1.165) is 24.8 Å². The summed E-state index contributed by atoms with van der Waals surface area (Å²) in [5, 5.41) is 0. The van der Waals surface area contributed by atoms with Gasteiger partial charge in [0.25, 0.3) is 0 Å². The van der Waals surface area contributed by atoms with Gasteiger partial charge in [-0.15, -0.1) is 0 Å². The molecule has 4 nitrogen and oxygen atoms in total. The quantitative estimate of drug-likeness (QED) is 0.793. The van der Waals surface area contributed by atoms with Crippen molar-refractivity contribution in [3.8, 4) is 0 Å². The van der Waals surface area contributed by atoms with E-state index in [1.807, 2.05) is 6.92 Å². The summed E-state index contributed by atoms with van der Waals surface area (Å²) < 4.78 is 26.9. The van der Waals surface area contributed by atoms with Gasteiger partial charge >= 0.3 is 0 Å². The minimum atomic E-state index is -3.45. The monoisotopic (exact) mass is 270 g/mol. The van der Waals surface area contributed by atoms with Crippen LogP contribution in [0.3, 0.4) is 0 Å². The highest BCUT2D eigenvalue weighted by Gasteiger charge is 2.18. The molecule has 0 saturated heterocycles. The molecular formula is C13H22N2O2S. The van der Waals surface area contributed by atoms with E-state index in [1.165, 1.54) is 0 Å². The van der Waals surface area contributed by atoms with Crippen LogP contribution in [-0.4, -0.2) is 21.0 Å². The zero-order chi connectivity index (χ0) is 13.6. The van der Waals surface area contributed by atoms with E-state index >= 15 is 0 Å². The van der Waals surface area contributed by atoms with Crippen molar-refractivity contribution >= 4 is 10.0 Å². The molecule has 1 aromatic rings. The molecule has 0 fully saturated rings. The highest BCUT2D eigenvalue weighted by Crippen LogP contribution is 2.11. The van der Waals surface area contributed by atoms with Gasteiger partial charge in [0.15, 0.2) is 0 Å². The summed E-state index contributed by atoms with van der Waals surface area (Å²) >= 11 is 0. The van der Waals surface area contributed by atoms with Crippen molar-refractivity contribution < 1.29 is 8.42 Å². The zero-order valence-electron chi connectivity index (χ0n) is 11.0. The van der Waals surface area contributed by atoms with Gasteiger partial charge in [-0.2, -0.15) is 0 Å². The summed E-state index contributed by atoms with van der Waals surface area (Å²) in [5.41, 5.74) is 6.63. The molecule has 0 heterocycles. The van der Waals surface area contributed by atoms with Gasteiger partial charge in [0.1, 0.15) is 0 Å². The lowest BCUT2D eigenvalue weighted by Crippen LogP contribution is -2.40. The van der Waals surface area contributed by atoms with Crippen molar-refractivity contribution in [2.24, 2.45) is 5.73 Å². The average Bonchev–Trinajstić information content (AvgIpc) is 2.35. The molecule has 0 aromatic heterocycles. The third-order valence-corrected chi connectivity index (χ3v) is 4.38. The van der Waals surface area contributed by atoms with Gasteiger partial charge in [0.2, 0.25) is 10.0 Å². The van der Waals surface area contributed by atoms with Crippen molar-refractivity contribution in [2.45, 2.75) is 44.0 Å². The van der Waals surface area contributed by atoms with E-state index in [4.69, 9.17) is 5.73 Å². The van der Waals surface area contributed by atoms with E-state index in [-0.39, 0.29) is 6.04 Å². The fraction of sp³-hybridized carbons (Fsp3) is 0.538. The molecule has 102 valence electrons. The first-order chi connectivity index (χ1) is 8.49. The number of hydrogen-bond acceptors (Lipinski definition) is 3. The molecule has 5 heteroatoms. The third-order valence-electron chi connectivity index (χ3n) is 2.84. The summed E-state index contributed by atoms with van der Waals surface area (Å²) in [4.78, 5) is 0.294. The van der Waals surface area contributed by atoms with Crippen molar-refractivity contribution in [1.82, 2.24) is 4.72 Å². The SMILES string of the molecule is CCCCC(CN)NS(=O)(=O)c1ccc(C)cc1. The number of hydrogen-bond donors (Lipinski definition) is 2. The van der Waals surface area contributed by atoms with E-state index < -0.39 is 10.0 Å². The number of sulfonamides is 1. The highest BCUT2D eigenvalue weighted by molar-refractivity contribution is 7.89. The molecule has 0 saturated carbocycles. The van der Waals surface area contributed by atoms with Crippen LogP contribution in [0.5, 0.6) is 0 Å². The first-order valence-electron chi connectivity index (χ1n) is 6.28. The maximum atomic E-state index is 12.1. The van der Waals surface area contributed by atoms with Gasteiger partial charge < -0.3 is 5.73 Å². The van der Waals surface area contributed by atoms with Gasteiger partial charge in [0, 0.05) is 12.6 Å². The Balaban J connectivity index is 2.77. The number of benzene rings is 1. The van der Waals surface area contributed by atoms with Crippen molar-refractivity contribution in [3.63, 3.8) is 0 Å². The molecule has 0 bridgehead atoms. The Kier molecular flexibility index (Phi) is 5.78. The molecule has 0 amide bonds. The van der Waals surface area contributed by atoms with Gasteiger partial charge in [0.05, 0.1) is 4.90 Å². The van der Waals surface area contributed by atoms with Crippen LogP contribution >= 0.6 is 0 Å². The van der Waals surface area contributed by atoms with Crippen LogP contribution in [0.15, 0.2) is 29.2 Å². The summed E-state index contributed by atoms with van der Waals surface area (Å²) in [6.45, 7) is 4.32. The lowest BCUT2D eigenvalue weighted by atomic mass is 10.1. The highest BCUT2D eigenvalue weighted by atomic mass is 32.2. The standard InChI is InChI=1S/C13H22N2O2S/c1-3-4-5-12(10-14)15-18(16,17)13-8-6-11(2)7-9-13/h6-9,12,15H,3-5,10,14H2,1-2H3. The van der Waals surface area contributed by atoms with Crippen LogP contribution in [0.25, 0.3) is 0 Å². The Morgan fingerprint density at radius 1 is 1.28 bits per heavy atom. The largest absolute Gasteiger partial charge is 0.329 e. The molecular weight excluding hydrogens is 248 g/mol. The molecule has 0 aliphatic rings. The lowest BCUT2D eigenvalue weighted by molar-refractivity contribution is 0.516. The normalized spacial score (nSPS) is 13.5. The predicted molar refractivity (Wildman–Crippen MR) is 73.9 cm³/mol. The number of unbranched alkanes of at least 4 members (excludes halogenated alkanes) is 1. The van der Waals surface area contributed by atoms with Gasteiger partial charge in [-0.3, -0.25) is 0 Å². The molecule has 0 aliphatic heterocycles. The maximum absolute atomic E-state index is 12.1. The molecule has 1 unspecified atom stereocenters. The maximum Gasteiger partial charge on any atom is 0.240 e. The van der Waals surface area contributed by atoms with Crippen LogP contribution in [-0.2, 0) is 10.0 Å². The molecule has 0 spiro atoms. The summed E-state index contributed by atoms with van der Waals surface area (Å²) in [6.07, 6.45) is 2.78. The zero-order valence-corrected chi connectivity index (χ0v) is 11.8. The smallest absolute Gasteiger partial charge is 0.240 e. The second-order valence-corrected chi connectivity index (χ2v) is 6.22. The van der Waals surface area contributed by atoms with Crippen LogP contribution in [0.4, 0.5) is 0 Å². The number of nitrogens with two attached hydrogens (primary N) is 1. The number of nitrogens with one attached hydrogen (secondary N) is 1. The lowest BCUT2D eigenvalue weighted by Gasteiger charge is -2.16. The molecule has 0 radical (unpaired) electrons. The number of rotatable bonds is 7. The Labute approximate surface area is 110 Å². The molecule has 18 heavy (non-hydrogen) atoms. The Bertz CT molecular complexity index is 454. The fourth-order valence-corrected chi connectivity index (χ4v) is 2.96. The molecule has 1 aromatic carbocycles. The van der Waals surface area contributed by atoms with Crippen LogP contribution in [0.1, 0.15) is 31.7 Å². The van der Waals surface area contributed by atoms with Crippen LogP contribution < -0.4 is 10.5 Å². The van der Waals surface area contributed by atoms with E-state index in [0.29, 0.717) is 11.4 Å². The molecule has 3 N–H and O–H groups in total. The van der Waals surface area contributed by atoms with Crippen LogP contribution in [0, 0.1) is 6.92 Å². The van der Waals surface area contributed by atoms with Gasteiger partial charge in [-0.1, -0.05) is 37.5 Å². The fourth-order valence-electron chi connectivity index (χ4n) is 1.68. The number of aryl methyl sites for hydroxylation is 1. The van der Waals surface area contributed by atoms with Crippen molar-refractivity contribution in [1.29, 1.82) is 0 Å². The second-order valence-electron chi connectivity index (χ2n) is 4.51. The Morgan fingerprint density at radius 2 is 1.89 bits per heavy atom. The van der Waals surface area contributed by atoms with E-state index in [9.17, 15) is 8.42 Å². The molecule has 1 atom stereocenters. The average molecular weight is 270 g/mol. The van der Waals surface area contributed by atoms with Gasteiger partial charge in [-0.25, -0.2) is 13.1 Å². The van der Waals surface area contributed by atoms with Gasteiger partial charge in [-0.05, 0) is 25.5 Å². The Hall–Kier alpha value is -0.910. The molecule has 1 rings (SSSR count). The minimum absolute atomic E-state index is 0.184. The van der Waals surface area contributed by atoms with Crippen molar-refractivity contribution in [3.05, 3.63) is 29.8 Å². The summed E-state index contributed by atoms with van der Waals surface area (Å²) in [5.74, 6) is 0. The topological polar surface area (TPSA) is 72.2 Å². The van der Waals surface area contributed by atoms with Crippen LogP contribution in [0.2, 0.25) is 0 Å². The van der Waals surface area contributed by atoms with E-state index in [2.05, 4.69) is 11.6 Å². The predicted octanol–water partition coefficient (Wildman–Crippen LogP) is 1.79. The Morgan fingerprint density at radius 3 is 2.39 bits per heavy atom. The van der Waals surface area contributed by atoms with Crippen molar-refractivity contribution in [2.75, 3.05) is 6.54 Å². The molecule has 0 aliphatic carbocycles. The summed E-state index contributed by atoms with van der Waals surface area (Å²) in [6, 6.07) is 6.63. The first-order valence-corrected chi connectivity index (χ1v) is 7.77. The third kappa shape index (κ3) is 4.40. The summed E-state index contributed by atoms with van der Waals surface area (Å²) in [7, 11) is -3.45. The van der Waals surface area contributed by atoms with E-state index in [1.54, 1.807) is 24.3 Å². The second kappa shape index (κ2) is 6.87. The minimum Gasteiger partial charge on any atom is -0.329 e.